The van der Waals surface area contributed by atoms with Crippen molar-refractivity contribution in [1.82, 2.24) is 4.57 Å². The van der Waals surface area contributed by atoms with Gasteiger partial charge in [-0.2, -0.15) is 0 Å². The highest BCUT2D eigenvalue weighted by molar-refractivity contribution is 6.33. The SMILES string of the molecule is Cc1cc(N=Cc2cc(C)n(-c3ccc(C(=O)O)c(Cl)c3)c2C)ccc1F. The molecule has 0 aliphatic carbocycles. The molecule has 0 spiro atoms. The Kier molecular flexibility index (Phi) is 5.15. The number of aliphatic imine (C=N–C) groups is 1. The van der Waals surface area contributed by atoms with Crippen molar-refractivity contribution < 1.29 is 14.3 Å². The van der Waals surface area contributed by atoms with Crippen molar-refractivity contribution >= 4 is 29.5 Å². The fourth-order valence-electron chi connectivity index (χ4n) is 2.99. The molecule has 0 atom stereocenters. The van der Waals surface area contributed by atoms with Gasteiger partial charge in [0.15, 0.2) is 0 Å². The van der Waals surface area contributed by atoms with Gasteiger partial charge in [-0.25, -0.2) is 9.18 Å². The normalized spacial score (nSPS) is 11.3. The highest BCUT2D eigenvalue weighted by atomic mass is 35.5. The standard InChI is InChI=1S/C21H18ClFN2O2/c1-12-8-16(4-7-20(12)23)24-11-15-9-13(2)25(14(15)3)17-5-6-18(21(26)27)19(22)10-17/h4-11H,1-3H3,(H,26,27). The van der Waals surface area contributed by atoms with Crippen molar-refractivity contribution in [3.8, 4) is 5.69 Å². The zero-order valence-corrected chi connectivity index (χ0v) is 15.9. The molecule has 0 bridgehead atoms. The van der Waals surface area contributed by atoms with Gasteiger partial charge in [-0.1, -0.05) is 11.6 Å². The molecule has 1 N–H and O–H groups in total. The van der Waals surface area contributed by atoms with Crippen LogP contribution in [0.3, 0.4) is 0 Å². The van der Waals surface area contributed by atoms with Crippen LogP contribution < -0.4 is 0 Å². The second kappa shape index (κ2) is 7.37. The molecule has 0 aliphatic rings. The molecule has 1 heterocycles. The monoisotopic (exact) mass is 384 g/mol. The van der Waals surface area contributed by atoms with Gasteiger partial charge in [-0.15, -0.1) is 0 Å². The van der Waals surface area contributed by atoms with Crippen LogP contribution in [-0.4, -0.2) is 21.9 Å². The lowest BCUT2D eigenvalue weighted by Crippen LogP contribution is -2.02. The van der Waals surface area contributed by atoms with Gasteiger partial charge in [0, 0.05) is 28.9 Å². The number of carboxylic acids is 1. The molecule has 4 nitrogen and oxygen atoms in total. The topological polar surface area (TPSA) is 54.6 Å². The van der Waals surface area contributed by atoms with Crippen LogP contribution in [0.5, 0.6) is 0 Å². The number of aryl methyl sites for hydroxylation is 2. The molecule has 3 rings (SSSR count). The average molecular weight is 385 g/mol. The second-order valence-corrected chi connectivity index (χ2v) is 6.73. The Bertz CT molecular complexity index is 1070. The minimum atomic E-state index is -1.06. The van der Waals surface area contributed by atoms with Gasteiger partial charge in [0.25, 0.3) is 0 Å². The molecule has 27 heavy (non-hydrogen) atoms. The third-order valence-electron chi connectivity index (χ3n) is 4.41. The van der Waals surface area contributed by atoms with Crippen molar-refractivity contribution in [3.05, 3.63) is 81.4 Å². The zero-order chi connectivity index (χ0) is 19.7. The molecule has 0 saturated heterocycles. The van der Waals surface area contributed by atoms with Crippen LogP contribution in [0.1, 0.15) is 32.9 Å². The minimum Gasteiger partial charge on any atom is -0.478 e. The van der Waals surface area contributed by atoms with Gasteiger partial charge >= 0.3 is 5.97 Å². The van der Waals surface area contributed by atoms with Crippen LogP contribution >= 0.6 is 11.6 Å². The third kappa shape index (κ3) is 3.78. The van der Waals surface area contributed by atoms with E-state index in [1.165, 1.54) is 12.1 Å². The smallest absolute Gasteiger partial charge is 0.337 e. The van der Waals surface area contributed by atoms with Gasteiger partial charge in [0.1, 0.15) is 5.82 Å². The summed E-state index contributed by atoms with van der Waals surface area (Å²) < 4.78 is 15.4. The Morgan fingerprint density at radius 3 is 2.52 bits per heavy atom. The van der Waals surface area contributed by atoms with Crippen LogP contribution in [0.2, 0.25) is 5.02 Å². The summed E-state index contributed by atoms with van der Waals surface area (Å²) >= 11 is 6.10. The van der Waals surface area contributed by atoms with E-state index in [1.807, 2.05) is 24.5 Å². The lowest BCUT2D eigenvalue weighted by Gasteiger charge is -2.11. The van der Waals surface area contributed by atoms with Gasteiger partial charge in [0.05, 0.1) is 16.3 Å². The van der Waals surface area contributed by atoms with Crippen molar-refractivity contribution in [2.75, 3.05) is 0 Å². The number of rotatable bonds is 4. The first kappa shape index (κ1) is 18.9. The fourth-order valence-corrected chi connectivity index (χ4v) is 3.24. The Balaban J connectivity index is 1.97. The first-order chi connectivity index (χ1) is 12.8. The quantitative estimate of drug-likeness (QED) is 0.591. The van der Waals surface area contributed by atoms with E-state index in [4.69, 9.17) is 16.7 Å². The number of benzene rings is 2. The van der Waals surface area contributed by atoms with Crippen molar-refractivity contribution in [2.24, 2.45) is 4.99 Å². The molecule has 0 amide bonds. The van der Waals surface area contributed by atoms with E-state index in [1.54, 1.807) is 37.4 Å². The maximum Gasteiger partial charge on any atom is 0.337 e. The molecule has 0 fully saturated rings. The molecule has 0 aliphatic heterocycles. The number of carboxylic acid groups (broad SMARTS) is 1. The molecular formula is C21H18ClFN2O2. The van der Waals surface area contributed by atoms with Crippen LogP contribution in [0, 0.1) is 26.6 Å². The molecule has 1 aromatic heterocycles. The number of halogens is 2. The Morgan fingerprint density at radius 1 is 1.15 bits per heavy atom. The number of nitrogens with zero attached hydrogens (tertiary/aromatic N) is 2. The van der Waals surface area contributed by atoms with E-state index in [2.05, 4.69) is 4.99 Å². The molecule has 138 valence electrons. The van der Waals surface area contributed by atoms with Gasteiger partial charge in [-0.05, 0) is 68.8 Å². The Hall–Kier alpha value is -2.92. The van der Waals surface area contributed by atoms with Gasteiger partial charge < -0.3 is 9.67 Å². The third-order valence-corrected chi connectivity index (χ3v) is 4.72. The molecule has 3 aromatic rings. The lowest BCUT2D eigenvalue weighted by molar-refractivity contribution is 0.0697. The first-order valence-corrected chi connectivity index (χ1v) is 8.68. The predicted molar refractivity (Wildman–Crippen MR) is 106 cm³/mol. The summed E-state index contributed by atoms with van der Waals surface area (Å²) in [6.45, 7) is 5.60. The number of carbonyl (C=O) groups is 1. The van der Waals surface area contributed by atoms with Crippen LogP contribution in [0.15, 0.2) is 47.5 Å². The van der Waals surface area contributed by atoms with Crippen molar-refractivity contribution in [2.45, 2.75) is 20.8 Å². The fraction of sp³-hybridized carbons (Fsp3) is 0.143. The number of hydrogen-bond acceptors (Lipinski definition) is 2. The highest BCUT2D eigenvalue weighted by Gasteiger charge is 2.13. The first-order valence-electron chi connectivity index (χ1n) is 8.30. The maximum atomic E-state index is 13.4. The Morgan fingerprint density at radius 2 is 1.89 bits per heavy atom. The molecular weight excluding hydrogens is 367 g/mol. The van der Waals surface area contributed by atoms with Crippen molar-refractivity contribution in [1.29, 1.82) is 0 Å². The highest BCUT2D eigenvalue weighted by Crippen LogP contribution is 2.25. The molecule has 6 heteroatoms. The molecule has 0 saturated carbocycles. The van der Waals surface area contributed by atoms with Gasteiger partial charge in [0.2, 0.25) is 0 Å². The molecule has 0 unspecified atom stereocenters. The van der Waals surface area contributed by atoms with E-state index in [-0.39, 0.29) is 16.4 Å². The summed E-state index contributed by atoms with van der Waals surface area (Å²) in [5, 5.41) is 9.31. The van der Waals surface area contributed by atoms with E-state index in [0.717, 1.165) is 22.6 Å². The molecule has 2 aromatic carbocycles. The summed E-state index contributed by atoms with van der Waals surface area (Å²) in [6, 6.07) is 11.5. The van der Waals surface area contributed by atoms with E-state index < -0.39 is 5.97 Å². The van der Waals surface area contributed by atoms with E-state index in [0.29, 0.717) is 11.3 Å². The minimum absolute atomic E-state index is 0.0661. The maximum absolute atomic E-state index is 13.4. The Labute approximate surface area is 161 Å². The summed E-state index contributed by atoms with van der Waals surface area (Å²) in [5.41, 5.74) is 4.87. The van der Waals surface area contributed by atoms with Crippen LogP contribution in [0.4, 0.5) is 10.1 Å². The van der Waals surface area contributed by atoms with Crippen LogP contribution in [0.25, 0.3) is 5.69 Å². The summed E-state index contributed by atoms with van der Waals surface area (Å²) in [6.07, 6.45) is 1.73. The number of aromatic nitrogens is 1. The van der Waals surface area contributed by atoms with Crippen LogP contribution in [-0.2, 0) is 0 Å². The second-order valence-electron chi connectivity index (χ2n) is 6.32. The van der Waals surface area contributed by atoms with E-state index >= 15 is 0 Å². The molecule has 0 radical (unpaired) electrons. The summed E-state index contributed by atoms with van der Waals surface area (Å²) in [4.78, 5) is 15.6. The predicted octanol–water partition coefficient (Wildman–Crippen LogP) is 5.64. The zero-order valence-electron chi connectivity index (χ0n) is 15.1. The lowest BCUT2D eigenvalue weighted by atomic mass is 10.2. The summed E-state index contributed by atoms with van der Waals surface area (Å²) in [5.74, 6) is -1.32. The number of aromatic carboxylic acids is 1. The van der Waals surface area contributed by atoms with Crippen molar-refractivity contribution in [3.63, 3.8) is 0 Å². The van der Waals surface area contributed by atoms with Gasteiger partial charge in [-0.3, -0.25) is 4.99 Å². The average Bonchev–Trinajstić information content (AvgIpc) is 2.89. The summed E-state index contributed by atoms with van der Waals surface area (Å²) in [7, 11) is 0. The largest absolute Gasteiger partial charge is 0.478 e. The number of hydrogen-bond donors (Lipinski definition) is 1. The van der Waals surface area contributed by atoms with E-state index in [9.17, 15) is 9.18 Å².